The molecule has 0 aliphatic carbocycles. The number of para-hydroxylation sites is 2. The fourth-order valence-corrected chi connectivity index (χ4v) is 5.42. The summed E-state index contributed by atoms with van der Waals surface area (Å²) in [5.41, 5.74) is 1.16. The first-order valence-corrected chi connectivity index (χ1v) is 11.4. The third-order valence-electron chi connectivity index (χ3n) is 5.39. The lowest BCUT2D eigenvalue weighted by molar-refractivity contribution is -0.122. The lowest BCUT2D eigenvalue weighted by atomic mass is 9.86. The molecule has 5 rings (SSSR count). The van der Waals surface area contributed by atoms with E-state index in [0.29, 0.717) is 11.5 Å². The first-order chi connectivity index (χ1) is 14.7. The topological polar surface area (TPSA) is 58.6 Å². The smallest absolute Gasteiger partial charge is 0.232 e. The van der Waals surface area contributed by atoms with Crippen LogP contribution in [0.4, 0.5) is 0 Å². The molecule has 0 saturated heterocycles. The first kappa shape index (κ1) is 19.1. The standard InChI is InChI=1S/C24H19NO3S2/c26-23(25-15-24(27,16-11-13-29-14-16)21-10-5-12-30-21)22-17-6-1-3-8-19(17)28-20-9-4-2-7-18(20)22/h1-14,22,27H,15H2,(H,25,26)/t24-/m0/s1. The zero-order chi connectivity index (χ0) is 20.6. The minimum absolute atomic E-state index is 0.0881. The van der Waals surface area contributed by atoms with Gasteiger partial charge in [-0.2, -0.15) is 11.3 Å². The van der Waals surface area contributed by atoms with Crippen LogP contribution < -0.4 is 10.1 Å². The van der Waals surface area contributed by atoms with Crippen molar-refractivity contribution in [1.82, 2.24) is 5.32 Å². The molecule has 6 heteroatoms. The van der Waals surface area contributed by atoms with Gasteiger partial charge in [0.05, 0.1) is 12.5 Å². The first-order valence-electron chi connectivity index (χ1n) is 9.59. The second-order valence-electron chi connectivity index (χ2n) is 7.18. The van der Waals surface area contributed by atoms with E-state index < -0.39 is 11.5 Å². The van der Waals surface area contributed by atoms with E-state index >= 15 is 0 Å². The molecule has 30 heavy (non-hydrogen) atoms. The summed E-state index contributed by atoms with van der Waals surface area (Å²) in [6, 6.07) is 20.9. The monoisotopic (exact) mass is 433 g/mol. The van der Waals surface area contributed by atoms with Crippen molar-refractivity contribution in [2.45, 2.75) is 11.5 Å². The second kappa shape index (κ2) is 7.72. The average molecular weight is 434 g/mol. The number of amides is 1. The van der Waals surface area contributed by atoms with Gasteiger partial charge in [0.25, 0.3) is 0 Å². The molecule has 1 amide bonds. The number of aliphatic hydroxyl groups is 1. The van der Waals surface area contributed by atoms with Crippen LogP contribution in [0.15, 0.2) is 82.9 Å². The molecule has 150 valence electrons. The van der Waals surface area contributed by atoms with Crippen molar-refractivity contribution in [1.29, 1.82) is 0 Å². The van der Waals surface area contributed by atoms with Gasteiger partial charge in [-0.15, -0.1) is 11.3 Å². The van der Waals surface area contributed by atoms with Crippen molar-refractivity contribution in [2.75, 3.05) is 6.54 Å². The van der Waals surface area contributed by atoms with Gasteiger partial charge in [0.2, 0.25) is 5.91 Å². The van der Waals surface area contributed by atoms with Crippen LogP contribution in [0.3, 0.4) is 0 Å². The molecule has 1 aliphatic rings. The Bertz CT molecular complexity index is 1090. The number of thiophene rings is 2. The summed E-state index contributed by atoms with van der Waals surface area (Å²) < 4.78 is 5.99. The van der Waals surface area contributed by atoms with E-state index in [0.717, 1.165) is 21.6 Å². The van der Waals surface area contributed by atoms with Crippen molar-refractivity contribution in [2.24, 2.45) is 0 Å². The molecule has 0 fully saturated rings. The van der Waals surface area contributed by atoms with Crippen LogP contribution in [0.2, 0.25) is 0 Å². The Morgan fingerprint density at radius 2 is 1.67 bits per heavy atom. The summed E-state index contributed by atoms with van der Waals surface area (Å²) in [6.07, 6.45) is 0. The average Bonchev–Trinajstić information content (AvgIpc) is 3.50. The van der Waals surface area contributed by atoms with Crippen molar-refractivity contribution in [3.63, 3.8) is 0 Å². The maximum absolute atomic E-state index is 13.4. The number of nitrogens with one attached hydrogen (secondary N) is 1. The van der Waals surface area contributed by atoms with Crippen LogP contribution in [0, 0.1) is 0 Å². The molecule has 2 N–H and O–H groups in total. The molecule has 0 radical (unpaired) electrons. The Hall–Kier alpha value is -2.93. The Morgan fingerprint density at radius 1 is 0.967 bits per heavy atom. The third kappa shape index (κ3) is 3.23. The Labute approximate surface area is 182 Å². The maximum Gasteiger partial charge on any atom is 0.232 e. The van der Waals surface area contributed by atoms with E-state index in [1.54, 1.807) is 0 Å². The number of carbonyl (C=O) groups is 1. The van der Waals surface area contributed by atoms with Crippen LogP contribution in [-0.4, -0.2) is 17.6 Å². The zero-order valence-electron chi connectivity index (χ0n) is 15.9. The molecule has 3 heterocycles. The van der Waals surface area contributed by atoms with Gasteiger partial charge in [-0.1, -0.05) is 42.5 Å². The summed E-state index contributed by atoms with van der Waals surface area (Å²) in [4.78, 5) is 14.2. The lowest BCUT2D eigenvalue weighted by Crippen LogP contribution is -2.43. The minimum atomic E-state index is -1.27. The number of benzene rings is 2. The number of rotatable bonds is 5. The summed E-state index contributed by atoms with van der Waals surface area (Å²) in [5, 5.41) is 20.3. The number of hydrogen-bond donors (Lipinski definition) is 2. The Balaban J connectivity index is 1.47. The number of carbonyl (C=O) groups excluding carboxylic acids is 1. The molecular weight excluding hydrogens is 414 g/mol. The van der Waals surface area contributed by atoms with E-state index in [-0.39, 0.29) is 12.5 Å². The number of hydrogen-bond acceptors (Lipinski definition) is 5. The lowest BCUT2D eigenvalue weighted by Gasteiger charge is -2.30. The summed E-state index contributed by atoms with van der Waals surface area (Å²) in [6.45, 7) is 0.0881. The normalized spacial score (nSPS) is 14.8. The Kier molecular flexibility index (Phi) is 4.90. The van der Waals surface area contributed by atoms with Gasteiger partial charge in [0.15, 0.2) is 0 Å². The van der Waals surface area contributed by atoms with Gasteiger partial charge >= 0.3 is 0 Å². The fourth-order valence-electron chi connectivity index (χ4n) is 3.85. The molecule has 0 unspecified atom stereocenters. The molecule has 0 saturated carbocycles. The largest absolute Gasteiger partial charge is 0.457 e. The third-order valence-corrected chi connectivity index (χ3v) is 7.09. The molecule has 4 aromatic rings. The molecule has 2 aromatic heterocycles. The summed E-state index contributed by atoms with van der Waals surface area (Å²) >= 11 is 3.00. The van der Waals surface area contributed by atoms with Crippen molar-refractivity contribution < 1.29 is 14.6 Å². The highest BCUT2D eigenvalue weighted by atomic mass is 32.1. The van der Waals surface area contributed by atoms with Gasteiger partial charge in [0, 0.05) is 21.6 Å². The number of ether oxygens (including phenoxy) is 1. The summed E-state index contributed by atoms with van der Waals surface area (Å²) in [5.74, 6) is 0.704. The SMILES string of the molecule is O=C(NC[C@](O)(c1ccsc1)c1cccs1)C1c2ccccc2Oc2ccccc21. The van der Waals surface area contributed by atoms with Gasteiger partial charge in [-0.25, -0.2) is 0 Å². The van der Waals surface area contributed by atoms with Crippen molar-refractivity contribution >= 4 is 28.6 Å². The number of fused-ring (bicyclic) bond motifs is 2. The van der Waals surface area contributed by atoms with Gasteiger partial charge in [0.1, 0.15) is 17.1 Å². The van der Waals surface area contributed by atoms with E-state index in [4.69, 9.17) is 4.74 Å². The van der Waals surface area contributed by atoms with Crippen LogP contribution in [0.5, 0.6) is 11.5 Å². The van der Waals surface area contributed by atoms with E-state index in [1.807, 2.05) is 82.9 Å². The predicted octanol–water partition coefficient (Wildman–Crippen LogP) is 5.10. The minimum Gasteiger partial charge on any atom is -0.457 e. The molecule has 1 atom stereocenters. The zero-order valence-corrected chi connectivity index (χ0v) is 17.6. The highest BCUT2D eigenvalue weighted by Gasteiger charge is 2.37. The molecule has 2 aromatic carbocycles. The van der Waals surface area contributed by atoms with Gasteiger partial charge < -0.3 is 15.2 Å². The molecular formula is C24H19NO3S2. The van der Waals surface area contributed by atoms with E-state index in [2.05, 4.69) is 5.32 Å². The van der Waals surface area contributed by atoms with Crippen LogP contribution in [-0.2, 0) is 10.4 Å². The molecule has 0 spiro atoms. The van der Waals surface area contributed by atoms with Crippen LogP contribution >= 0.6 is 22.7 Å². The second-order valence-corrected chi connectivity index (χ2v) is 8.91. The van der Waals surface area contributed by atoms with Crippen LogP contribution in [0.25, 0.3) is 0 Å². The van der Waals surface area contributed by atoms with E-state index in [1.165, 1.54) is 22.7 Å². The quantitative estimate of drug-likeness (QED) is 0.460. The predicted molar refractivity (Wildman–Crippen MR) is 119 cm³/mol. The Morgan fingerprint density at radius 3 is 2.27 bits per heavy atom. The highest BCUT2D eigenvalue weighted by molar-refractivity contribution is 7.10. The van der Waals surface area contributed by atoms with E-state index in [9.17, 15) is 9.90 Å². The molecule has 1 aliphatic heterocycles. The van der Waals surface area contributed by atoms with Crippen molar-refractivity contribution in [3.8, 4) is 11.5 Å². The van der Waals surface area contributed by atoms with Crippen LogP contribution in [0.1, 0.15) is 27.5 Å². The molecule has 0 bridgehead atoms. The van der Waals surface area contributed by atoms with Gasteiger partial charge in [-0.3, -0.25) is 4.79 Å². The molecule has 4 nitrogen and oxygen atoms in total. The van der Waals surface area contributed by atoms with Gasteiger partial charge in [-0.05, 0) is 40.4 Å². The highest BCUT2D eigenvalue weighted by Crippen LogP contribution is 2.44. The fraction of sp³-hybridized carbons (Fsp3) is 0.125. The van der Waals surface area contributed by atoms with Crippen molar-refractivity contribution in [3.05, 3.63) is 104 Å². The summed E-state index contributed by atoms with van der Waals surface area (Å²) in [7, 11) is 0. The maximum atomic E-state index is 13.4.